The van der Waals surface area contributed by atoms with Gasteiger partial charge in [-0.3, -0.25) is 14.5 Å². The summed E-state index contributed by atoms with van der Waals surface area (Å²) in [6.07, 6.45) is 0. The number of carbonyl (C=O) groups excluding carboxylic acids is 1. The predicted molar refractivity (Wildman–Crippen MR) is 114 cm³/mol. The van der Waals surface area contributed by atoms with Crippen molar-refractivity contribution in [1.29, 1.82) is 0 Å². The molecule has 0 aliphatic carbocycles. The van der Waals surface area contributed by atoms with Crippen LogP contribution in [0.15, 0.2) is 53.3 Å². The summed E-state index contributed by atoms with van der Waals surface area (Å²) in [5.41, 5.74) is 2.72. The van der Waals surface area contributed by atoms with Crippen LogP contribution in [0.2, 0.25) is 0 Å². The van der Waals surface area contributed by atoms with E-state index in [0.717, 1.165) is 22.2 Å². The molecule has 4 aromatic rings. The topological polar surface area (TPSA) is 72.2 Å². The third-order valence-corrected chi connectivity index (χ3v) is 5.90. The van der Waals surface area contributed by atoms with E-state index in [1.54, 1.807) is 18.0 Å². The number of fused-ring (bicyclic) bond motifs is 4. The van der Waals surface area contributed by atoms with Gasteiger partial charge in [-0.15, -0.1) is 0 Å². The summed E-state index contributed by atoms with van der Waals surface area (Å²) in [5.74, 6) is -0.598. The molecule has 2 N–H and O–H groups in total. The number of nitrogens with zero attached hydrogens (tertiary/aromatic N) is 2. The van der Waals surface area contributed by atoms with Gasteiger partial charge in [0.2, 0.25) is 0 Å². The molecule has 0 saturated heterocycles. The van der Waals surface area contributed by atoms with Gasteiger partial charge in [0.25, 0.3) is 11.5 Å². The average molecular weight is 404 g/mol. The highest BCUT2D eigenvalue weighted by Gasteiger charge is 2.32. The minimum atomic E-state index is -0.458. The largest absolute Gasteiger partial charge is 0.351 e. The number of halogens is 1. The Kier molecular flexibility index (Phi) is 4.22. The molecule has 5 rings (SSSR count). The number of benzene rings is 2. The van der Waals surface area contributed by atoms with Gasteiger partial charge in [0.15, 0.2) is 0 Å². The molecule has 1 amide bonds. The number of para-hydroxylation sites is 1. The van der Waals surface area contributed by atoms with Crippen molar-refractivity contribution in [2.75, 3.05) is 20.6 Å². The molecule has 3 heterocycles. The molecule has 0 radical (unpaired) electrons. The maximum atomic E-state index is 13.8. The number of rotatable bonds is 2. The van der Waals surface area contributed by atoms with Crippen LogP contribution in [0.4, 0.5) is 4.39 Å². The second kappa shape index (κ2) is 6.81. The summed E-state index contributed by atoms with van der Waals surface area (Å²) in [7, 11) is 3.71. The van der Waals surface area contributed by atoms with Gasteiger partial charge in [0, 0.05) is 42.3 Å². The highest BCUT2D eigenvalue weighted by Crippen LogP contribution is 2.34. The van der Waals surface area contributed by atoms with Crippen molar-refractivity contribution in [1.82, 2.24) is 19.8 Å². The standard InChI is InChI=1S/C23H21FN4O2/c1-27-11-19-21(15-8-7-14(24)10-16(15)22(29)26-19)20(12-27)28(2)23(30)18-9-13-5-3-4-6-17(13)25-18/h3-10,20,25H,11-12H2,1-2H3,(H,26,29)/t20-/m1/s1. The lowest BCUT2D eigenvalue weighted by Gasteiger charge is -2.37. The maximum absolute atomic E-state index is 13.8. The number of hydrogen-bond acceptors (Lipinski definition) is 3. The lowest BCUT2D eigenvalue weighted by Crippen LogP contribution is -2.42. The SMILES string of the molecule is CN1Cc2[nH]c(=O)c3cc(F)ccc3c2[C@H](N(C)C(=O)c2cc3ccccc3[nH]2)C1. The zero-order valence-electron chi connectivity index (χ0n) is 16.7. The van der Waals surface area contributed by atoms with Gasteiger partial charge in [0.05, 0.1) is 11.4 Å². The van der Waals surface area contributed by atoms with E-state index in [9.17, 15) is 14.0 Å². The summed E-state index contributed by atoms with van der Waals surface area (Å²) in [6.45, 7) is 1.16. The summed E-state index contributed by atoms with van der Waals surface area (Å²) < 4.78 is 13.8. The van der Waals surface area contributed by atoms with Crippen molar-refractivity contribution in [3.8, 4) is 0 Å². The van der Waals surface area contributed by atoms with Crippen LogP contribution in [0.1, 0.15) is 27.8 Å². The first-order valence-corrected chi connectivity index (χ1v) is 9.80. The van der Waals surface area contributed by atoms with Gasteiger partial charge in [-0.25, -0.2) is 4.39 Å². The van der Waals surface area contributed by atoms with Crippen LogP contribution in [0.5, 0.6) is 0 Å². The molecule has 1 aliphatic rings. The molecule has 0 saturated carbocycles. The van der Waals surface area contributed by atoms with Crippen molar-refractivity contribution >= 4 is 27.6 Å². The lowest BCUT2D eigenvalue weighted by atomic mass is 9.93. The summed E-state index contributed by atoms with van der Waals surface area (Å²) in [4.78, 5) is 35.7. The van der Waals surface area contributed by atoms with Crippen LogP contribution >= 0.6 is 0 Å². The number of nitrogens with one attached hydrogen (secondary N) is 2. The van der Waals surface area contributed by atoms with E-state index in [-0.39, 0.29) is 17.5 Å². The van der Waals surface area contributed by atoms with Crippen molar-refractivity contribution in [2.45, 2.75) is 12.6 Å². The molecule has 1 aliphatic heterocycles. The highest BCUT2D eigenvalue weighted by atomic mass is 19.1. The Morgan fingerprint density at radius 1 is 1.13 bits per heavy atom. The Bertz CT molecular complexity index is 1320. The van der Waals surface area contributed by atoms with E-state index in [4.69, 9.17) is 0 Å². The minimum absolute atomic E-state index is 0.140. The molecule has 30 heavy (non-hydrogen) atoms. The molecular weight excluding hydrogens is 383 g/mol. The van der Waals surface area contributed by atoms with Crippen molar-refractivity contribution in [3.05, 3.63) is 81.7 Å². The smallest absolute Gasteiger partial charge is 0.270 e. The van der Waals surface area contributed by atoms with Gasteiger partial charge >= 0.3 is 0 Å². The molecule has 1 atom stereocenters. The van der Waals surface area contributed by atoms with Gasteiger partial charge in [0.1, 0.15) is 11.5 Å². The molecule has 0 spiro atoms. The molecule has 7 heteroatoms. The molecular formula is C23H21FN4O2. The number of aromatic nitrogens is 2. The Labute approximate surface area is 171 Å². The number of hydrogen-bond donors (Lipinski definition) is 2. The van der Waals surface area contributed by atoms with Crippen LogP contribution in [0, 0.1) is 5.82 Å². The quantitative estimate of drug-likeness (QED) is 0.538. The van der Waals surface area contributed by atoms with Crippen molar-refractivity contribution < 1.29 is 9.18 Å². The number of pyridine rings is 1. The molecule has 0 fully saturated rings. The van der Waals surface area contributed by atoms with E-state index in [0.29, 0.717) is 29.6 Å². The highest BCUT2D eigenvalue weighted by molar-refractivity contribution is 5.98. The normalized spacial score (nSPS) is 16.7. The molecule has 2 aromatic heterocycles. The third kappa shape index (κ3) is 2.90. The first kappa shape index (κ1) is 18.6. The fourth-order valence-electron chi connectivity index (χ4n) is 4.44. The number of H-pyrrole nitrogens is 2. The number of likely N-dealkylation sites (N-methyl/N-ethyl adjacent to an activating group) is 2. The predicted octanol–water partition coefficient (Wildman–Crippen LogP) is 3.41. The monoisotopic (exact) mass is 404 g/mol. The van der Waals surface area contributed by atoms with Crippen molar-refractivity contribution in [3.63, 3.8) is 0 Å². The second-order valence-electron chi connectivity index (χ2n) is 7.94. The number of amides is 1. The van der Waals surface area contributed by atoms with Gasteiger partial charge in [-0.05, 0) is 36.7 Å². The van der Waals surface area contributed by atoms with E-state index in [1.807, 2.05) is 37.4 Å². The van der Waals surface area contributed by atoms with E-state index in [2.05, 4.69) is 14.9 Å². The fourth-order valence-corrected chi connectivity index (χ4v) is 4.44. The zero-order valence-corrected chi connectivity index (χ0v) is 16.7. The second-order valence-corrected chi connectivity index (χ2v) is 7.94. The maximum Gasteiger partial charge on any atom is 0.270 e. The first-order chi connectivity index (χ1) is 14.4. The fraction of sp³-hybridized carbons (Fsp3) is 0.217. The summed E-state index contributed by atoms with van der Waals surface area (Å²) >= 11 is 0. The molecule has 2 aromatic carbocycles. The van der Waals surface area contributed by atoms with Crippen LogP contribution in [0.25, 0.3) is 21.7 Å². The average Bonchev–Trinajstić information content (AvgIpc) is 3.16. The Balaban J connectivity index is 1.63. The lowest BCUT2D eigenvalue weighted by molar-refractivity contribution is 0.0672. The Morgan fingerprint density at radius 2 is 1.93 bits per heavy atom. The minimum Gasteiger partial charge on any atom is -0.351 e. The summed E-state index contributed by atoms with van der Waals surface area (Å²) in [5, 5.41) is 1.96. The van der Waals surface area contributed by atoms with Crippen molar-refractivity contribution in [2.24, 2.45) is 0 Å². The Hall–Kier alpha value is -3.45. The molecule has 0 bridgehead atoms. The summed E-state index contributed by atoms with van der Waals surface area (Å²) in [6, 6.07) is 13.6. The zero-order chi connectivity index (χ0) is 21.0. The van der Waals surface area contributed by atoms with Crippen LogP contribution in [-0.2, 0) is 6.54 Å². The molecule has 0 unspecified atom stereocenters. The van der Waals surface area contributed by atoms with Crippen LogP contribution in [-0.4, -0.2) is 46.3 Å². The van der Waals surface area contributed by atoms with Gasteiger partial charge < -0.3 is 14.9 Å². The van der Waals surface area contributed by atoms with E-state index < -0.39 is 5.82 Å². The van der Waals surface area contributed by atoms with Crippen LogP contribution in [0.3, 0.4) is 0 Å². The molecule has 6 nitrogen and oxygen atoms in total. The number of aromatic amines is 2. The van der Waals surface area contributed by atoms with E-state index >= 15 is 0 Å². The van der Waals surface area contributed by atoms with Crippen LogP contribution < -0.4 is 5.56 Å². The van der Waals surface area contributed by atoms with Gasteiger partial charge in [-0.2, -0.15) is 0 Å². The first-order valence-electron chi connectivity index (χ1n) is 9.80. The van der Waals surface area contributed by atoms with E-state index in [1.165, 1.54) is 12.1 Å². The van der Waals surface area contributed by atoms with Gasteiger partial charge in [-0.1, -0.05) is 24.3 Å². The number of carbonyl (C=O) groups is 1. The third-order valence-electron chi connectivity index (χ3n) is 5.90. The molecule has 152 valence electrons. The Morgan fingerprint density at radius 3 is 2.73 bits per heavy atom.